The fourth-order valence-electron chi connectivity index (χ4n) is 2.74. The van der Waals surface area contributed by atoms with Crippen LogP contribution in [0.5, 0.6) is 5.75 Å². The molecule has 0 atom stereocenters. The van der Waals surface area contributed by atoms with Crippen molar-refractivity contribution in [3.8, 4) is 5.75 Å². The Labute approximate surface area is 146 Å². The van der Waals surface area contributed by atoms with E-state index < -0.39 is 21.6 Å². The maximum absolute atomic E-state index is 14.2. The molecule has 0 spiro atoms. The average molecular weight is 362 g/mol. The van der Waals surface area contributed by atoms with Gasteiger partial charge in [0.15, 0.2) is 11.6 Å². The zero-order valence-corrected chi connectivity index (χ0v) is 14.8. The molecule has 3 rings (SSSR count). The van der Waals surface area contributed by atoms with Gasteiger partial charge in [0.2, 0.25) is 0 Å². The molecule has 3 aromatic rings. The van der Waals surface area contributed by atoms with E-state index in [1.165, 1.54) is 18.3 Å². The van der Waals surface area contributed by atoms with E-state index in [1.807, 2.05) is 18.9 Å². The molecule has 0 unspecified atom stereocenters. The van der Waals surface area contributed by atoms with E-state index in [9.17, 15) is 17.9 Å². The normalized spacial score (nSPS) is 12.2. The van der Waals surface area contributed by atoms with Crippen LogP contribution in [0, 0.1) is 5.82 Å². The van der Waals surface area contributed by atoms with Crippen LogP contribution in [0.1, 0.15) is 12.5 Å². The largest absolute Gasteiger partial charge is 0.505 e. The quantitative estimate of drug-likeness (QED) is 0.757. The van der Waals surface area contributed by atoms with E-state index in [-0.39, 0.29) is 10.4 Å². The number of aromatic hydroxyl groups is 1. The number of rotatable bonds is 5. The number of nitrogens with zero attached hydrogens (tertiary/aromatic N) is 2. The van der Waals surface area contributed by atoms with Crippen LogP contribution in [0.15, 0.2) is 53.6 Å². The monoisotopic (exact) mass is 362 g/mol. The highest BCUT2D eigenvalue weighted by molar-refractivity contribution is 7.90. The fourth-order valence-corrected chi connectivity index (χ4v) is 4.10. The highest BCUT2D eigenvalue weighted by Crippen LogP contribution is 2.33. The lowest BCUT2D eigenvalue weighted by atomic mass is 10.1. The minimum absolute atomic E-state index is 0.119. The first-order valence-corrected chi connectivity index (χ1v) is 9.30. The van der Waals surface area contributed by atoms with Crippen molar-refractivity contribution < 1.29 is 17.9 Å². The summed E-state index contributed by atoms with van der Waals surface area (Å²) in [5, 5.41) is 10.6. The van der Waals surface area contributed by atoms with Crippen molar-refractivity contribution in [1.29, 1.82) is 0 Å². The van der Waals surface area contributed by atoms with Gasteiger partial charge in [-0.3, -0.25) is 0 Å². The Balaban J connectivity index is 2.23. The Bertz CT molecular complexity index is 1010. The topological polar surface area (TPSA) is 62.5 Å². The number of benzene rings is 2. The summed E-state index contributed by atoms with van der Waals surface area (Å²) in [7, 11) is -2.01. The van der Waals surface area contributed by atoms with Crippen LogP contribution in [-0.4, -0.2) is 36.0 Å². The van der Waals surface area contributed by atoms with Crippen LogP contribution in [0.3, 0.4) is 0 Å². The second-order valence-corrected chi connectivity index (χ2v) is 7.69. The molecule has 1 heterocycles. The van der Waals surface area contributed by atoms with Gasteiger partial charge in [0.25, 0.3) is 10.0 Å². The molecular weight excluding hydrogens is 343 g/mol. The molecular formula is C18H19FN2O3S. The lowest BCUT2D eigenvalue weighted by Crippen LogP contribution is -2.17. The van der Waals surface area contributed by atoms with Gasteiger partial charge in [0.1, 0.15) is 0 Å². The van der Waals surface area contributed by atoms with Crippen molar-refractivity contribution >= 4 is 20.9 Å². The Morgan fingerprint density at radius 2 is 1.88 bits per heavy atom. The van der Waals surface area contributed by atoms with E-state index in [0.717, 1.165) is 10.0 Å². The molecule has 5 nitrogen and oxygen atoms in total. The highest BCUT2D eigenvalue weighted by atomic mass is 32.2. The Morgan fingerprint density at radius 1 is 1.20 bits per heavy atom. The predicted octanol–water partition coefficient (Wildman–Crippen LogP) is 3.17. The standard InChI is InChI=1S/C18H19FN2O3S/c1-3-20(2)12-15-14-9-10-21(17(14)11-16(19)18(15)22)25(23,24)13-7-5-4-6-8-13/h4-11,22H,3,12H2,1-2H3. The van der Waals surface area contributed by atoms with Gasteiger partial charge in [0, 0.05) is 29.8 Å². The second-order valence-electron chi connectivity index (χ2n) is 5.88. The van der Waals surface area contributed by atoms with Gasteiger partial charge >= 0.3 is 0 Å². The summed E-state index contributed by atoms with van der Waals surface area (Å²) >= 11 is 0. The third kappa shape index (κ3) is 3.01. The Morgan fingerprint density at radius 3 is 2.52 bits per heavy atom. The van der Waals surface area contributed by atoms with Crippen molar-refractivity contribution in [3.05, 3.63) is 60.0 Å². The molecule has 0 fully saturated rings. The van der Waals surface area contributed by atoms with Gasteiger partial charge in [-0.15, -0.1) is 0 Å². The van der Waals surface area contributed by atoms with Crippen LogP contribution >= 0.6 is 0 Å². The van der Waals surface area contributed by atoms with E-state index in [2.05, 4.69) is 0 Å². The van der Waals surface area contributed by atoms with Gasteiger partial charge in [-0.25, -0.2) is 16.8 Å². The summed E-state index contributed by atoms with van der Waals surface area (Å²) in [6.45, 7) is 2.96. The molecule has 0 saturated heterocycles. The van der Waals surface area contributed by atoms with Gasteiger partial charge in [-0.1, -0.05) is 25.1 Å². The summed E-state index contributed by atoms with van der Waals surface area (Å²) in [5.74, 6) is -1.28. The number of phenols is 1. The second kappa shape index (κ2) is 6.50. The molecule has 0 radical (unpaired) electrons. The molecule has 132 valence electrons. The number of hydrogen-bond acceptors (Lipinski definition) is 4. The lowest BCUT2D eigenvalue weighted by Gasteiger charge is -2.16. The summed E-state index contributed by atoms with van der Waals surface area (Å²) in [5.41, 5.74) is 0.583. The zero-order chi connectivity index (χ0) is 18.2. The van der Waals surface area contributed by atoms with Crippen LogP contribution in [0.2, 0.25) is 0 Å². The molecule has 1 N–H and O–H groups in total. The van der Waals surface area contributed by atoms with E-state index in [4.69, 9.17) is 0 Å². The number of halogens is 1. The van der Waals surface area contributed by atoms with Crippen molar-refractivity contribution in [2.75, 3.05) is 13.6 Å². The number of phenolic OH excluding ortho intramolecular Hbond substituents is 1. The molecule has 7 heteroatoms. The van der Waals surface area contributed by atoms with Crippen LogP contribution < -0.4 is 0 Å². The maximum atomic E-state index is 14.2. The number of aromatic nitrogens is 1. The van der Waals surface area contributed by atoms with E-state index >= 15 is 0 Å². The lowest BCUT2D eigenvalue weighted by molar-refractivity contribution is 0.335. The summed E-state index contributed by atoms with van der Waals surface area (Å²) in [6.07, 6.45) is 1.39. The van der Waals surface area contributed by atoms with Crippen molar-refractivity contribution in [2.45, 2.75) is 18.4 Å². The van der Waals surface area contributed by atoms with Crippen molar-refractivity contribution in [3.63, 3.8) is 0 Å². The molecule has 0 aliphatic heterocycles. The van der Waals surface area contributed by atoms with Crippen LogP contribution in [0.25, 0.3) is 10.9 Å². The zero-order valence-electron chi connectivity index (χ0n) is 14.0. The molecule has 0 aliphatic carbocycles. The van der Waals surface area contributed by atoms with E-state index in [1.54, 1.807) is 24.3 Å². The maximum Gasteiger partial charge on any atom is 0.268 e. The average Bonchev–Trinajstić information content (AvgIpc) is 3.03. The third-order valence-corrected chi connectivity index (χ3v) is 5.96. The number of hydrogen-bond donors (Lipinski definition) is 1. The molecule has 25 heavy (non-hydrogen) atoms. The predicted molar refractivity (Wildman–Crippen MR) is 94.6 cm³/mol. The van der Waals surface area contributed by atoms with E-state index in [0.29, 0.717) is 24.0 Å². The summed E-state index contributed by atoms with van der Waals surface area (Å²) < 4.78 is 41.0. The first-order chi connectivity index (χ1) is 11.9. The molecule has 0 saturated carbocycles. The van der Waals surface area contributed by atoms with Gasteiger partial charge in [-0.05, 0) is 31.8 Å². The number of fused-ring (bicyclic) bond motifs is 1. The van der Waals surface area contributed by atoms with Gasteiger partial charge in [-0.2, -0.15) is 0 Å². The summed E-state index contributed by atoms with van der Waals surface area (Å²) in [4.78, 5) is 2.02. The Kier molecular flexibility index (Phi) is 4.53. The van der Waals surface area contributed by atoms with Crippen molar-refractivity contribution in [1.82, 2.24) is 8.87 Å². The van der Waals surface area contributed by atoms with Crippen molar-refractivity contribution in [2.24, 2.45) is 0 Å². The van der Waals surface area contributed by atoms with Crippen LogP contribution in [0.4, 0.5) is 4.39 Å². The van der Waals surface area contributed by atoms with Gasteiger partial charge < -0.3 is 10.0 Å². The molecule has 0 aliphatic rings. The SMILES string of the molecule is CCN(C)Cc1c(O)c(F)cc2c1ccn2S(=O)(=O)c1ccccc1. The molecule has 0 bridgehead atoms. The van der Waals surface area contributed by atoms with Gasteiger partial charge in [0.05, 0.1) is 10.4 Å². The molecule has 1 aromatic heterocycles. The third-order valence-electron chi connectivity index (χ3n) is 4.26. The smallest absolute Gasteiger partial charge is 0.268 e. The first kappa shape index (κ1) is 17.4. The first-order valence-electron chi connectivity index (χ1n) is 7.86. The summed E-state index contributed by atoms with van der Waals surface area (Å²) in [6, 6.07) is 10.6. The highest BCUT2D eigenvalue weighted by Gasteiger charge is 2.22. The Hall–Kier alpha value is -2.38. The molecule has 2 aromatic carbocycles. The minimum atomic E-state index is -3.85. The fraction of sp³-hybridized carbons (Fsp3) is 0.222. The minimum Gasteiger partial charge on any atom is -0.505 e. The van der Waals surface area contributed by atoms with Crippen LogP contribution in [-0.2, 0) is 16.6 Å². The molecule has 0 amide bonds.